The fourth-order valence-corrected chi connectivity index (χ4v) is 3.80. The maximum Gasteiger partial charge on any atom is 0.242 e. The summed E-state index contributed by atoms with van der Waals surface area (Å²) in [5.74, 6) is 1.07. The van der Waals surface area contributed by atoms with Crippen molar-refractivity contribution in [1.82, 2.24) is 14.5 Å². The number of para-hydroxylation sites is 2. The zero-order valence-corrected chi connectivity index (χ0v) is 15.3. The van der Waals surface area contributed by atoms with Crippen LogP contribution in [-0.2, 0) is 11.3 Å². The second-order valence-electron chi connectivity index (χ2n) is 7.17. The molecule has 3 aromatic rings. The summed E-state index contributed by atoms with van der Waals surface area (Å²) in [5.41, 5.74) is 4.21. The van der Waals surface area contributed by atoms with Crippen LogP contribution in [0.4, 0.5) is 0 Å². The summed E-state index contributed by atoms with van der Waals surface area (Å²) < 4.78 is 2.08. The molecule has 0 radical (unpaired) electrons. The zero-order valence-electron chi connectivity index (χ0n) is 15.3. The quantitative estimate of drug-likeness (QED) is 0.704. The summed E-state index contributed by atoms with van der Waals surface area (Å²) in [4.78, 5) is 19.9. The van der Waals surface area contributed by atoms with Crippen LogP contribution in [0.25, 0.3) is 22.4 Å². The van der Waals surface area contributed by atoms with Gasteiger partial charge < -0.3 is 9.47 Å². The van der Waals surface area contributed by atoms with Crippen LogP contribution in [0.3, 0.4) is 0 Å². The van der Waals surface area contributed by atoms with Gasteiger partial charge in [-0.3, -0.25) is 4.79 Å². The van der Waals surface area contributed by atoms with E-state index in [0.29, 0.717) is 6.54 Å². The summed E-state index contributed by atoms with van der Waals surface area (Å²) in [7, 11) is 0. The number of carbonyl (C=O) groups excluding carboxylic acids is 1. The molecule has 1 aliphatic rings. The third-order valence-electron chi connectivity index (χ3n) is 5.18. The molecule has 0 unspecified atom stereocenters. The zero-order chi connectivity index (χ0) is 17.9. The smallest absolute Gasteiger partial charge is 0.242 e. The standard InChI is InChI=1S/C22H25N3O/c1-17-9-8-10-18(15-17)22-23-19-11-4-5-12-20(19)25(22)16-21(26)24-13-6-2-3-7-14-24/h4-5,8-12,15H,2-3,6-7,13-14,16H2,1H3. The van der Waals surface area contributed by atoms with Gasteiger partial charge in [0.15, 0.2) is 0 Å². The van der Waals surface area contributed by atoms with Crippen molar-refractivity contribution >= 4 is 16.9 Å². The molecular weight excluding hydrogens is 322 g/mol. The number of rotatable bonds is 3. The fraction of sp³-hybridized carbons (Fsp3) is 0.364. The first kappa shape index (κ1) is 16.8. The normalized spacial score (nSPS) is 15.2. The molecule has 0 aliphatic carbocycles. The number of aryl methyl sites for hydroxylation is 1. The first-order chi connectivity index (χ1) is 12.7. The number of carbonyl (C=O) groups is 1. The molecule has 0 atom stereocenters. The predicted octanol–water partition coefficient (Wildman–Crippen LogP) is 4.41. The lowest BCUT2D eigenvalue weighted by Gasteiger charge is -2.21. The topological polar surface area (TPSA) is 38.1 Å². The molecule has 0 bridgehead atoms. The molecule has 0 spiro atoms. The van der Waals surface area contributed by atoms with E-state index >= 15 is 0 Å². The first-order valence-corrected chi connectivity index (χ1v) is 9.52. The molecule has 1 aliphatic heterocycles. The Labute approximate surface area is 154 Å². The van der Waals surface area contributed by atoms with Crippen molar-refractivity contribution in [2.75, 3.05) is 13.1 Å². The summed E-state index contributed by atoms with van der Waals surface area (Å²) >= 11 is 0. The molecule has 4 nitrogen and oxygen atoms in total. The van der Waals surface area contributed by atoms with Gasteiger partial charge in [-0.25, -0.2) is 4.98 Å². The van der Waals surface area contributed by atoms with E-state index in [1.807, 2.05) is 29.2 Å². The van der Waals surface area contributed by atoms with Crippen molar-refractivity contribution in [3.63, 3.8) is 0 Å². The molecule has 4 rings (SSSR count). The van der Waals surface area contributed by atoms with E-state index in [0.717, 1.165) is 48.4 Å². The van der Waals surface area contributed by atoms with Crippen LogP contribution in [-0.4, -0.2) is 33.4 Å². The van der Waals surface area contributed by atoms with Crippen LogP contribution in [0.5, 0.6) is 0 Å². The van der Waals surface area contributed by atoms with Crippen LogP contribution in [0.1, 0.15) is 31.2 Å². The summed E-state index contributed by atoms with van der Waals surface area (Å²) in [5, 5.41) is 0. The molecule has 1 fully saturated rings. The highest BCUT2D eigenvalue weighted by Gasteiger charge is 2.20. The van der Waals surface area contributed by atoms with Crippen molar-refractivity contribution in [2.24, 2.45) is 0 Å². The predicted molar refractivity (Wildman–Crippen MR) is 105 cm³/mol. The minimum Gasteiger partial charge on any atom is -0.341 e. The van der Waals surface area contributed by atoms with Gasteiger partial charge in [-0.05, 0) is 38.0 Å². The van der Waals surface area contributed by atoms with E-state index in [-0.39, 0.29) is 5.91 Å². The van der Waals surface area contributed by atoms with E-state index in [1.54, 1.807) is 0 Å². The number of imidazole rings is 1. The van der Waals surface area contributed by atoms with Crippen molar-refractivity contribution in [2.45, 2.75) is 39.2 Å². The van der Waals surface area contributed by atoms with Crippen molar-refractivity contribution < 1.29 is 4.79 Å². The first-order valence-electron chi connectivity index (χ1n) is 9.52. The molecule has 1 aromatic heterocycles. The summed E-state index contributed by atoms with van der Waals surface area (Å²) in [6.45, 7) is 4.19. The lowest BCUT2D eigenvalue weighted by atomic mass is 10.1. The Hall–Kier alpha value is -2.62. The van der Waals surface area contributed by atoms with Crippen LogP contribution in [0, 0.1) is 6.92 Å². The van der Waals surface area contributed by atoms with E-state index in [2.05, 4.69) is 35.8 Å². The lowest BCUT2D eigenvalue weighted by molar-refractivity contribution is -0.131. The Balaban J connectivity index is 1.73. The molecule has 2 heterocycles. The monoisotopic (exact) mass is 347 g/mol. The van der Waals surface area contributed by atoms with Crippen LogP contribution in [0.15, 0.2) is 48.5 Å². The number of aromatic nitrogens is 2. The molecule has 134 valence electrons. The van der Waals surface area contributed by atoms with Gasteiger partial charge in [0.05, 0.1) is 11.0 Å². The molecule has 1 amide bonds. The van der Waals surface area contributed by atoms with Gasteiger partial charge in [0.25, 0.3) is 0 Å². The summed E-state index contributed by atoms with van der Waals surface area (Å²) in [6, 6.07) is 16.4. The average Bonchev–Trinajstić information content (AvgIpc) is 2.83. The minimum atomic E-state index is 0.198. The van der Waals surface area contributed by atoms with Gasteiger partial charge in [0.2, 0.25) is 5.91 Å². The third kappa shape index (κ3) is 3.36. The Morgan fingerprint density at radius 1 is 1.00 bits per heavy atom. The van der Waals surface area contributed by atoms with Gasteiger partial charge in [0.1, 0.15) is 12.4 Å². The van der Waals surface area contributed by atoms with Gasteiger partial charge in [-0.2, -0.15) is 0 Å². The van der Waals surface area contributed by atoms with E-state index in [1.165, 1.54) is 18.4 Å². The van der Waals surface area contributed by atoms with Crippen LogP contribution >= 0.6 is 0 Å². The highest BCUT2D eigenvalue weighted by atomic mass is 16.2. The fourth-order valence-electron chi connectivity index (χ4n) is 3.80. The SMILES string of the molecule is Cc1cccc(-c2nc3ccccc3n2CC(=O)N2CCCCCC2)c1. The Morgan fingerprint density at radius 3 is 2.54 bits per heavy atom. The van der Waals surface area contributed by atoms with E-state index < -0.39 is 0 Å². The number of likely N-dealkylation sites (tertiary alicyclic amines) is 1. The minimum absolute atomic E-state index is 0.198. The van der Waals surface area contributed by atoms with Gasteiger partial charge in [-0.15, -0.1) is 0 Å². The number of fused-ring (bicyclic) bond motifs is 1. The largest absolute Gasteiger partial charge is 0.341 e. The molecular formula is C22H25N3O. The molecule has 0 saturated carbocycles. The molecule has 1 saturated heterocycles. The highest BCUT2D eigenvalue weighted by molar-refractivity contribution is 5.84. The van der Waals surface area contributed by atoms with Gasteiger partial charge >= 0.3 is 0 Å². The number of hydrogen-bond acceptors (Lipinski definition) is 2. The van der Waals surface area contributed by atoms with Crippen molar-refractivity contribution in [3.05, 3.63) is 54.1 Å². The number of amides is 1. The number of benzene rings is 2. The third-order valence-corrected chi connectivity index (χ3v) is 5.18. The Morgan fingerprint density at radius 2 is 1.77 bits per heavy atom. The van der Waals surface area contributed by atoms with E-state index in [4.69, 9.17) is 4.98 Å². The molecule has 2 aromatic carbocycles. The second-order valence-corrected chi connectivity index (χ2v) is 7.17. The number of hydrogen-bond donors (Lipinski definition) is 0. The lowest BCUT2D eigenvalue weighted by Crippen LogP contribution is -2.34. The van der Waals surface area contributed by atoms with E-state index in [9.17, 15) is 4.79 Å². The maximum absolute atomic E-state index is 13.0. The van der Waals surface area contributed by atoms with Gasteiger partial charge in [0, 0.05) is 18.7 Å². The van der Waals surface area contributed by atoms with Crippen LogP contribution < -0.4 is 0 Å². The van der Waals surface area contributed by atoms with Crippen molar-refractivity contribution in [1.29, 1.82) is 0 Å². The average molecular weight is 347 g/mol. The Bertz CT molecular complexity index is 920. The highest BCUT2D eigenvalue weighted by Crippen LogP contribution is 2.26. The van der Waals surface area contributed by atoms with Crippen molar-refractivity contribution in [3.8, 4) is 11.4 Å². The molecule has 26 heavy (non-hydrogen) atoms. The maximum atomic E-state index is 13.0. The molecule has 4 heteroatoms. The number of nitrogens with zero attached hydrogens (tertiary/aromatic N) is 3. The second kappa shape index (κ2) is 7.32. The molecule has 0 N–H and O–H groups in total. The van der Waals surface area contributed by atoms with Gasteiger partial charge in [-0.1, -0.05) is 48.7 Å². The Kier molecular flexibility index (Phi) is 4.74. The summed E-state index contributed by atoms with van der Waals surface area (Å²) in [6.07, 6.45) is 4.68. The van der Waals surface area contributed by atoms with Crippen LogP contribution in [0.2, 0.25) is 0 Å².